The average molecular weight is 661 g/mol. The van der Waals surface area contributed by atoms with Crippen molar-refractivity contribution >= 4 is 17.9 Å². The Bertz CT molecular complexity index is 1710. The molecule has 0 aliphatic carbocycles. The quantitative estimate of drug-likeness (QED) is 0.141. The van der Waals surface area contributed by atoms with Gasteiger partial charge in [-0.3, -0.25) is 4.79 Å². The number of amides is 1. The minimum absolute atomic E-state index is 0.0187. The Morgan fingerprint density at radius 3 is 2.38 bits per heavy atom. The summed E-state index contributed by atoms with van der Waals surface area (Å²) < 4.78 is 59.6. The van der Waals surface area contributed by atoms with E-state index in [1.165, 1.54) is 24.3 Å². The fourth-order valence-electron chi connectivity index (χ4n) is 5.20. The van der Waals surface area contributed by atoms with Gasteiger partial charge in [0.25, 0.3) is 5.91 Å². The first-order valence-electron chi connectivity index (χ1n) is 15.3. The number of carbonyl (C=O) groups excluding carboxylic acids is 1. The number of aliphatic imine (C=N–C) groups is 1. The zero-order valence-electron chi connectivity index (χ0n) is 26.2. The second kappa shape index (κ2) is 15.5. The maximum Gasteiger partial charge on any atom is 0.573 e. The van der Waals surface area contributed by atoms with E-state index < -0.39 is 23.9 Å². The third-order valence-corrected chi connectivity index (χ3v) is 7.58. The lowest BCUT2D eigenvalue weighted by Gasteiger charge is -2.30. The summed E-state index contributed by atoms with van der Waals surface area (Å²) in [7, 11) is 1.55. The van der Waals surface area contributed by atoms with Crippen molar-refractivity contribution in [3.05, 3.63) is 131 Å². The summed E-state index contributed by atoms with van der Waals surface area (Å²) in [5.41, 5.74) is 1.30. The molecule has 4 aromatic carbocycles. The smallest absolute Gasteiger partial charge is 0.497 e. The highest BCUT2D eigenvalue weighted by molar-refractivity contribution is 6.01. The Kier molecular flexibility index (Phi) is 11.0. The minimum Gasteiger partial charge on any atom is -0.497 e. The Labute approximate surface area is 276 Å². The van der Waals surface area contributed by atoms with Crippen LogP contribution in [-0.4, -0.2) is 49.1 Å². The van der Waals surface area contributed by atoms with Crippen LogP contribution in [0.2, 0.25) is 0 Å². The Morgan fingerprint density at radius 1 is 0.958 bits per heavy atom. The molecule has 0 bridgehead atoms. The van der Waals surface area contributed by atoms with Crippen molar-refractivity contribution in [1.82, 2.24) is 5.32 Å². The van der Waals surface area contributed by atoms with Gasteiger partial charge in [-0.25, -0.2) is 4.99 Å². The molecule has 48 heavy (non-hydrogen) atoms. The van der Waals surface area contributed by atoms with Gasteiger partial charge in [-0.05, 0) is 65.2 Å². The SMILES string of the molecule is COc1cccc([C@H]2OC(c3ccc(OCCCO)cc3)=N[C@@]2(C/C=C/c2ccccc2)C(=O)NCc2ccc(OC(F)(F)F)cc2)c1. The molecule has 4 aromatic rings. The third-order valence-electron chi connectivity index (χ3n) is 7.58. The maximum atomic E-state index is 14.4. The molecule has 0 fully saturated rings. The number of aliphatic hydroxyl groups is 1. The fourth-order valence-corrected chi connectivity index (χ4v) is 5.20. The minimum atomic E-state index is -4.81. The van der Waals surface area contributed by atoms with Gasteiger partial charge in [0, 0.05) is 31.6 Å². The van der Waals surface area contributed by atoms with E-state index in [0.717, 1.165) is 5.56 Å². The summed E-state index contributed by atoms with van der Waals surface area (Å²) in [6, 6.07) is 29.3. The molecule has 1 heterocycles. The van der Waals surface area contributed by atoms with E-state index in [0.29, 0.717) is 41.2 Å². The molecule has 8 nitrogen and oxygen atoms in total. The lowest BCUT2D eigenvalue weighted by molar-refractivity contribution is -0.274. The standard InChI is InChI=1S/C37H35F3N2O6/c1-45-32-12-5-11-29(24-32)33-36(21-6-10-26-8-3-2-4-9-26,35(44)41-25-27-13-17-31(18-14-27)48-37(38,39)40)42-34(47-33)28-15-19-30(20-16-28)46-23-7-22-43/h2-6,8-20,24,33,43H,7,21-23,25H2,1H3,(H,41,44)/b10-6+/t33-,36-/m1/s1. The number of aliphatic hydroxyl groups excluding tert-OH is 1. The highest BCUT2D eigenvalue weighted by atomic mass is 19.4. The van der Waals surface area contributed by atoms with Crippen LogP contribution in [0, 0.1) is 0 Å². The van der Waals surface area contributed by atoms with E-state index in [-0.39, 0.29) is 31.2 Å². The number of benzene rings is 4. The number of nitrogens with zero attached hydrogens (tertiary/aromatic N) is 1. The van der Waals surface area contributed by atoms with Gasteiger partial charge in [-0.1, -0.05) is 66.7 Å². The highest BCUT2D eigenvalue weighted by Gasteiger charge is 2.52. The predicted octanol–water partition coefficient (Wildman–Crippen LogP) is 7.03. The van der Waals surface area contributed by atoms with Crippen LogP contribution in [-0.2, 0) is 16.1 Å². The number of alkyl halides is 3. The van der Waals surface area contributed by atoms with Gasteiger partial charge in [0.15, 0.2) is 11.6 Å². The molecular formula is C37H35F3N2O6. The third kappa shape index (κ3) is 8.74. The van der Waals surface area contributed by atoms with Gasteiger partial charge >= 0.3 is 6.36 Å². The van der Waals surface area contributed by atoms with Gasteiger partial charge in [-0.2, -0.15) is 0 Å². The molecule has 0 saturated heterocycles. The predicted molar refractivity (Wildman–Crippen MR) is 175 cm³/mol. The van der Waals surface area contributed by atoms with Crippen molar-refractivity contribution in [1.29, 1.82) is 0 Å². The number of nitrogens with one attached hydrogen (secondary N) is 1. The molecule has 0 saturated carbocycles. The average Bonchev–Trinajstić information content (AvgIpc) is 3.49. The molecule has 1 aliphatic heterocycles. The van der Waals surface area contributed by atoms with Gasteiger partial charge < -0.3 is 29.4 Å². The molecule has 1 amide bonds. The number of hydrogen-bond donors (Lipinski definition) is 2. The number of halogens is 3. The lowest BCUT2D eigenvalue weighted by Crippen LogP contribution is -2.47. The summed E-state index contributed by atoms with van der Waals surface area (Å²) in [5, 5.41) is 12.0. The first kappa shape index (κ1) is 34.1. The molecule has 11 heteroatoms. The van der Waals surface area contributed by atoms with Crippen molar-refractivity contribution in [3.8, 4) is 17.2 Å². The van der Waals surface area contributed by atoms with E-state index in [4.69, 9.17) is 24.3 Å². The molecule has 0 spiro atoms. The van der Waals surface area contributed by atoms with Crippen molar-refractivity contribution in [3.63, 3.8) is 0 Å². The Balaban J connectivity index is 1.50. The summed E-state index contributed by atoms with van der Waals surface area (Å²) in [5.74, 6) is 0.631. The first-order valence-corrected chi connectivity index (χ1v) is 15.3. The first-order chi connectivity index (χ1) is 23.2. The van der Waals surface area contributed by atoms with E-state index >= 15 is 0 Å². The lowest BCUT2D eigenvalue weighted by atomic mass is 9.84. The summed E-state index contributed by atoms with van der Waals surface area (Å²) in [6.07, 6.45) is -1.25. The zero-order valence-corrected chi connectivity index (χ0v) is 26.2. The number of hydrogen-bond acceptors (Lipinski definition) is 7. The number of carbonyl (C=O) groups is 1. The van der Waals surface area contributed by atoms with Crippen LogP contribution in [0.25, 0.3) is 6.08 Å². The Morgan fingerprint density at radius 2 is 1.69 bits per heavy atom. The van der Waals surface area contributed by atoms with Crippen LogP contribution in [0.4, 0.5) is 13.2 Å². The van der Waals surface area contributed by atoms with Crippen molar-refractivity contribution in [2.75, 3.05) is 20.3 Å². The van der Waals surface area contributed by atoms with Crippen LogP contribution in [0.15, 0.2) is 114 Å². The maximum absolute atomic E-state index is 14.4. The summed E-state index contributed by atoms with van der Waals surface area (Å²) in [6.45, 7) is 0.403. The molecule has 2 atom stereocenters. The van der Waals surface area contributed by atoms with Crippen LogP contribution in [0.1, 0.15) is 41.2 Å². The second-order valence-corrected chi connectivity index (χ2v) is 11.0. The van der Waals surface area contributed by atoms with E-state index in [1.54, 1.807) is 49.6 Å². The summed E-state index contributed by atoms with van der Waals surface area (Å²) in [4.78, 5) is 19.4. The van der Waals surface area contributed by atoms with Gasteiger partial charge in [0.05, 0.1) is 13.7 Å². The molecule has 0 unspecified atom stereocenters. The highest BCUT2D eigenvalue weighted by Crippen LogP contribution is 2.43. The van der Waals surface area contributed by atoms with Gasteiger partial charge in [-0.15, -0.1) is 13.2 Å². The van der Waals surface area contributed by atoms with E-state index in [2.05, 4.69) is 10.1 Å². The van der Waals surface area contributed by atoms with Gasteiger partial charge in [0.2, 0.25) is 5.90 Å². The molecule has 1 aliphatic rings. The molecule has 0 radical (unpaired) electrons. The molecule has 5 rings (SSSR count). The van der Waals surface area contributed by atoms with Crippen molar-refractivity contribution in [2.45, 2.75) is 37.4 Å². The number of methoxy groups -OCH3 is 1. The van der Waals surface area contributed by atoms with Crippen molar-refractivity contribution in [2.24, 2.45) is 4.99 Å². The topological polar surface area (TPSA) is 98.6 Å². The van der Waals surface area contributed by atoms with Crippen LogP contribution >= 0.6 is 0 Å². The van der Waals surface area contributed by atoms with Crippen LogP contribution in [0.5, 0.6) is 17.2 Å². The van der Waals surface area contributed by atoms with Crippen LogP contribution < -0.4 is 19.5 Å². The molecule has 250 valence electrons. The summed E-state index contributed by atoms with van der Waals surface area (Å²) >= 11 is 0. The normalized spacial score (nSPS) is 17.4. The molecule has 2 N–H and O–H groups in total. The van der Waals surface area contributed by atoms with E-state index in [9.17, 15) is 18.0 Å². The molecular weight excluding hydrogens is 625 g/mol. The zero-order chi connectivity index (χ0) is 34.0. The Hall–Kier alpha value is -5.29. The second-order valence-electron chi connectivity index (χ2n) is 11.0. The fraction of sp³-hybridized carbons (Fsp3) is 0.243. The molecule has 0 aromatic heterocycles. The largest absolute Gasteiger partial charge is 0.573 e. The number of ether oxygens (including phenoxy) is 4. The van der Waals surface area contributed by atoms with Crippen LogP contribution in [0.3, 0.4) is 0 Å². The number of rotatable bonds is 14. The van der Waals surface area contributed by atoms with E-state index in [1.807, 2.05) is 48.6 Å². The van der Waals surface area contributed by atoms with Gasteiger partial charge in [0.1, 0.15) is 17.2 Å². The monoisotopic (exact) mass is 660 g/mol. The van der Waals surface area contributed by atoms with Crippen molar-refractivity contribution < 1.29 is 42.0 Å².